The number of aryl methyl sites for hydroxylation is 1. The van der Waals surface area contributed by atoms with Crippen molar-refractivity contribution < 1.29 is 9.66 Å². The van der Waals surface area contributed by atoms with Crippen LogP contribution in [0.4, 0.5) is 5.69 Å². The number of hydrogen-bond donors (Lipinski definition) is 0. The molecular formula is C22H24ClN3O3. The van der Waals surface area contributed by atoms with Crippen molar-refractivity contribution in [1.82, 2.24) is 9.78 Å². The van der Waals surface area contributed by atoms with Gasteiger partial charge in [0.15, 0.2) is 0 Å². The minimum absolute atomic E-state index is 0.0139. The van der Waals surface area contributed by atoms with Crippen LogP contribution in [0.25, 0.3) is 11.3 Å². The van der Waals surface area contributed by atoms with Crippen LogP contribution < -0.4 is 4.74 Å². The van der Waals surface area contributed by atoms with E-state index in [9.17, 15) is 10.1 Å². The Morgan fingerprint density at radius 2 is 1.83 bits per heavy atom. The van der Waals surface area contributed by atoms with Gasteiger partial charge in [-0.05, 0) is 55.3 Å². The first-order chi connectivity index (χ1) is 13.6. The summed E-state index contributed by atoms with van der Waals surface area (Å²) in [5, 5.41) is 15.9. The minimum Gasteiger partial charge on any atom is -0.491 e. The number of nitro benzene ring substituents is 1. The molecule has 6 nitrogen and oxygen atoms in total. The Kier molecular flexibility index (Phi) is 5.66. The highest BCUT2D eigenvalue weighted by atomic mass is 35.5. The maximum absolute atomic E-state index is 11.3. The standard InChI is InChI=1S/C22H24ClN3O3/c1-14(2)29-20-9-15(21-6-7-24-25(21)5)8-16(12-20)22(3,4)17-10-18(23)13-19(11-17)26(27)28/h6-14H,1-5H3. The second-order valence-corrected chi connectivity index (χ2v) is 8.27. The topological polar surface area (TPSA) is 70.2 Å². The van der Waals surface area contributed by atoms with E-state index >= 15 is 0 Å². The molecule has 0 unspecified atom stereocenters. The molecule has 0 fully saturated rings. The number of nitrogens with zero attached hydrogens (tertiary/aromatic N) is 3. The number of hydrogen-bond acceptors (Lipinski definition) is 4. The number of aromatic nitrogens is 2. The highest BCUT2D eigenvalue weighted by Crippen LogP contribution is 2.39. The van der Waals surface area contributed by atoms with E-state index in [2.05, 4.69) is 11.2 Å². The molecule has 2 aromatic carbocycles. The van der Waals surface area contributed by atoms with E-state index in [0.29, 0.717) is 5.02 Å². The van der Waals surface area contributed by atoms with E-state index < -0.39 is 10.3 Å². The quantitative estimate of drug-likeness (QED) is 0.380. The molecular weight excluding hydrogens is 390 g/mol. The first kappa shape index (κ1) is 20.9. The van der Waals surface area contributed by atoms with Crippen molar-refractivity contribution in [3.63, 3.8) is 0 Å². The third-order valence-corrected chi connectivity index (χ3v) is 5.15. The van der Waals surface area contributed by atoms with Crippen LogP contribution in [-0.4, -0.2) is 20.8 Å². The molecule has 0 saturated carbocycles. The minimum atomic E-state index is -0.542. The Morgan fingerprint density at radius 1 is 1.14 bits per heavy atom. The molecule has 29 heavy (non-hydrogen) atoms. The number of ether oxygens (including phenoxy) is 1. The lowest BCUT2D eigenvalue weighted by Gasteiger charge is -2.28. The average Bonchev–Trinajstić information content (AvgIpc) is 3.06. The summed E-state index contributed by atoms with van der Waals surface area (Å²) < 4.78 is 7.79. The fourth-order valence-electron chi connectivity index (χ4n) is 3.31. The summed E-state index contributed by atoms with van der Waals surface area (Å²) in [6.45, 7) is 7.98. The molecule has 0 atom stereocenters. The summed E-state index contributed by atoms with van der Waals surface area (Å²) in [6.07, 6.45) is 1.76. The van der Waals surface area contributed by atoms with Gasteiger partial charge >= 0.3 is 0 Å². The van der Waals surface area contributed by atoms with Crippen LogP contribution in [0.5, 0.6) is 5.75 Å². The van der Waals surface area contributed by atoms with Gasteiger partial charge in [-0.15, -0.1) is 0 Å². The third-order valence-electron chi connectivity index (χ3n) is 4.93. The molecule has 0 aliphatic carbocycles. The van der Waals surface area contributed by atoms with E-state index in [1.165, 1.54) is 6.07 Å². The molecule has 1 heterocycles. The molecule has 3 aromatic rings. The largest absolute Gasteiger partial charge is 0.491 e. The van der Waals surface area contributed by atoms with Crippen molar-refractivity contribution in [1.29, 1.82) is 0 Å². The number of non-ortho nitro benzene ring substituents is 1. The predicted octanol–water partition coefficient (Wildman–Crippen LogP) is 5.76. The van der Waals surface area contributed by atoms with Crippen LogP contribution in [0, 0.1) is 10.1 Å². The van der Waals surface area contributed by atoms with Crippen LogP contribution in [-0.2, 0) is 12.5 Å². The molecule has 3 rings (SSSR count). The Morgan fingerprint density at radius 3 is 2.41 bits per heavy atom. The Hall–Kier alpha value is -2.86. The van der Waals surface area contributed by atoms with E-state index in [-0.39, 0.29) is 11.8 Å². The molecule has 0 amide bonds. The van der Waals surface area contributed by atoms with Crippen LogP contribution in [0.3, 0.4) is 0 Å². The fourth-order valence-corrected chi connectivity index (χ4v) is 3.54. The first-order valence-corrected chi connectivity index (χ1v) is 9.72. The van der Waals surface area contributed by atoms with Crippen molar-refractivity contribution in [3.8, 4) is 17.0 Å². The van der Waals surface area contributed by atoms with Crippen molar-refractivity contribution in [3.05, 3.63) is 74.9 Å². The highest BCUT2D eigenvalue weighted by Gasteiger charge is 2.27. The van der Waals surface area contributed by atoms with Gasteiger partial charge in [0.2, 0.25) is 0 Å². The number of halogens is 1. The van der Waals surface area contributed by atoms with Crippen LogP contribution in [0.2, 0.25) is 5.02 Å². The maximum Gasteiger partial charge on any atom is 0.271 e. The number of rotatable bonds is 6. The van der Waals surface area contributed by atoms with Crippen LogP contribution >= 0.6 is 11.6 Å². The zero-order valence-corrected chi connectivity index (χ0v) is 17.9. The van der Waals surface area contributed by atoms with Crippen molar-refractivity contribution in [2.45, 2.75) is 39.2 Å². The molecule has 152 valence electrons. The van der Waals surface area contributed by atoms with Crippen molar-refractivity contribution >= 4 is 17.3 Å². The molecule has 1 aromatic heterocycles. The van der Waals surface area contributed by atoms with E-state index in [1.54, 1.807) is 23.0 Å². The molecule has 0 saturated heterocycles. The average molecular weight is 414 g/mol. The lowest BCUT2D eigenvalue weighted by atomic mass is 9.77. The number of nitro groups is 1. The molecule has 7 heteroatoms. The zero-order chi connectivity index (χ0) is 21.3. The van der Waals surface area contributed by atoms with Gasteiger partial charge in [0.25, 0.3) is 5.69 Å². The normalized spacial score (nSPS) is 11.7. The van der Waals surface area contributed by atoms with Gasteiger partial charge in [-0.25, -0.2) is 0 Å². The van der Waals surface area contributed by atoms with Gasteiger partial charge < -0.3 is 4.74 Å². The first-order valence-electron chi connectivity index (χ1n) is 9.34. The smallest absolute Gasteiger partial charge is 0.271 e. The molecule has 0 N–H and O–H groups in total. The Bertz CT molecular complexity index is 1060. The van der Waals surface area contributed by atoms with Crippen LogP contribution in [0.15, 0.2) is 48.7 Å². The van der Waals surface area contributed by atoms with Gasteiger partial charge in [-0.1, -0.05) is 25.4 Å². The monoisotopic (exact) mass is 413 g/mol. The zero-order valence-electron chi connectivity index (χ0n) is 17.1. The van der Waals surface area contributed by atoms with Crippen LogP contribution in [0.1, 0.15) is 38.8 Å². The fraction of sp³-hybridized carbons (Fsp3) is 0.318. The van der Waals surface area contributed by atoms with E-state index in [4.69, 9.17) is 16.3 Å². The van der Waals surface area contributed by atoms with Gasteiger partial charge in [0.1, 0.15) is 5.75 Å². The Balaban J connectivity index is 2.18. The third kappa shape index (κ3) is 4.43. The SMILES string of the molecule is CC(C)Oc1cc(-c2ccnn2C)cc(C(C)(C)c2cc(Cl)cc([N+](=O)[O-])c2)c1. The molecule has 0 aliphatic heterocycles. The van der Waals surface area contributed by atoms with E-state index in [1.807, 2.05) is 52.9 Å². The van der Waals surface area contributed by atoms with Crippen molar-refractivity contribution in [2.24, 2.45) is 7.05 Å². The second-order valence-electron chi connectivity index (χ2n) is 7.83. The summed E-state index contributed by atoms with van der Waals surface area (Å²) in [7, 11) is 1.89. The lowest BCUT2D eigenvalue weighted by Crippen LogP contribution is -2.20. The van der Waals surface area contributed by atoms with E-state index in [0.717, 1.165) is 28.1 Å². The summed E-state index contributed by atoms with van der Waals surface area (Å²) in [6, 6.07) is 12.7. The maximum atomic E-state index is 11.3. The van der Waals surface area contributed by atoms with Crippen molar-refractivity contribution in [2.75, 3.05) is 0 Å². The molecule has 0 spiro atoms. The van der Waals surface area contributed by atoms with Gasteiger partial charge in [-0.2, -0.15) is 5.10 Å². The predicted molar refractivity (Wildman–Crippen MR) is 115 cm³/mol. The Labute approximate surface area is 175 Å². The molecule has 0 radical (unpaired) electrons. The second kappa shape index (κ2) is 7.87. The van der Waals surface area contributed by atoms with Gasteiger partial charge in [-0.3, -0.25) is 14.8 Å². The molecule has 0 bridgehead atoms. The number of benzene rings is 2. The summed E-state index contributed by atoms with van der Waals surface area (Å²) >= 11 is 6.18. The summed E-state index contributed by atoms with van der Waals surface area (Å²) in [4.78, 5) is 10.9. The summed E-state index contributed by atoms with van der Waals surface area (Å²) in [5.41, 5.74) is 3.06. The molecule has 0 aliphatic rings. The lowest BCUT2D eigenvalue weighted by molar-refractivity contribution is -0.384. The highest BCUT2D eigenvalue weighted by molar-refractivity contribution is 6.30. The van der Waals surface area contributed by atoms with Gasteiger partial charge in [0.05, 0.1) is 16.7 Å². The van der Waals surface area contributed by atoms with Gasteiger partial charge in [0, 0.05) is 41.4 Å². The summed E-state index contributed by atoms with van der Waals surface area (Å²) in [5.74, 6) is 0.735.